The van der Waals surface area contributed by atoms with Crippen molar-refractivity contribution in [2.24, 2.45) is 5.92 Å². The zero-order valence-corrected chi connectivity index (χ0v) is 19.3. The number of nitrogens with zero attached hydrogens (tertiary/aromatic N) is 1. The third kappa shape index (κ3) is 6.36. The largest absolute Gasteiger partial charge is 0.416 e. The van der Waals surface area contributed by atoms with Gasteiger partial charge in [-0.1, -0.05) is 19.8 Å². The smallest absolute Gasteiger partial charge is 0.352 e. The molecule has 34 heavy (non-hydrogen) atoms. The van der Waals surface area contributed by atoms with Gasteiger partial charge >= 0.3 is 12.4 Å². The van der Waals surface area contributed by atoms with Crippen molar-refractivity contribution >= 4 is 5.91 Å². The third-order valence-corrected chi connectivity index (χ3v) is 6.62. The van der Waals surface area contributed by atoms with Crippen molar-refractivity contribution < 1.29 is 31.1 Å². The lowest BCUT2D eigenvalue weighted by molar-refractivity contribution is -0.143. The molecule has 9 heteroatoms. The second-order valence-electron chi connectivity index (χ2n) is 9.15. The van der Waals surface area contributed by atoms with Crippen molar-refractivity contribution in [1.29, 1.82) is 0 Å². The summed E-state index contributed by atoms with van der Waals surface area (Å²) in [6, 6.07) is 3.66. The van der Waals surface area contributed by atoms with E-state index >= 15 is 0 Å². The molecule has 1 saturated carbocycles. The topological polar surface area (TPSA) is 34.0 Å². The number of rotatable bonds is 7. The fourth-order valence-corrected chi connectivity index (χ4v) is 4.72. The number of nitrogens with one attached hydrogen (secondary N) is 1. The number of amides is 1. The van der Waals surface area contributed by atoms with Crippen LogP contribution < -0.4 is 5.32 Å². The highest BCUT2D eigenvalue weighted by Crippen LogP contribution is 2.42. The maximum absolute atomic E-state index is 13.3. The summed E-state index contributed by atoms with van der Waals surface area (Å²) in [6.45, 7) is 5.04. The Labute approximate surface area is 195 Å². The van der Waals surface area contributed by atoms with Crippen LogP contribution in [-0.4, -0.2) is 17.0 Å². The highest BCUT2D eigenvalue weighted by molar-refractivity contribution is 5.95. The Balaban J connectivity index is 1.76. The molecule has 3 nitrogen and oxygen atoms in total. The Morgan fingerprint density at radius 3 is 2.29 bits per heavy atom. The van der Waals surface area contributed by atoms with Crippen LogP contribution in [0.15, 0.2) is 30.5 Å². The van der Waals surface area contributed by atoms with Gasteiger partial charge in [-0.15, -0.1) is 0 Å². The van der Waals surface area contributed by atoms with E-state index < -0.39 is 23.5 Å². The molecule has 1 aromatic carbocycles. The lowest BCUT2D eigenvalue weighted by Crippen LogP contribution is -2.25. The first-order valence-electron chi connectivity index (χ1n) is 11.6. The summed E-state index contributed by atoms with van der Waals surface area (Å²) in [6.07, 6.45) is -3.42. The minimum atomic E-state index is -4.85. The van der Waals surface area contributed by atoms with Crippen LogP contribution in [0.4, 0.5) is 26.3 Å². The molecular formula is C25H30F6N2O. The summed E-state index contributed by atoms with van der Waals surface area (Å²) in [4.78, 5) is 12.4. The van der Waals surface area contributed by atoms with E-state index in [1.807, 2.05) is 24.6 Å². The van der Waals surface area contributed by atoms with E-state index in [4.69, 9.17) is 0 Å². The van der Waals surface area contributed by atoms with E-state index in [0.29, 0.717) is 31.5 Å². The van der Waals surface area contributed by atoms with Gasteiger partial charge in [-0.05, 0) is 74.3 Å². The Hall–Kier alpha value is -2.45. The van der Waals surface area contributed by atoms with E-state index in [1.54, 1.807) is 6.07 Å². The normalized spacial score (nSPS) is 19.3. The summed E-state index contributed by atoms with van der Waals surface area (Å²) in [5.74, 6) is -0.436. The van der Waals surface area contributed by atoms with Crippen LogP contribution >= 0.6 is 0 Å². The van der Waals surface area contributed by atoms with E-state index in [-0.39, 0.29) is 29.4 Å². The highest BCUT2D eigenvalue weighted by Gasteiger charge is 2.38. The summed E-state index contributed by atoms with van der Waals surface area (Å²) < 4.78 is 81.6. The molecule has 1 aliphatic rings. The Kier molecular flexibility index (Phi) is 8.03. The summed E-state index contributed by atoms with van der Waals surface area (Å²) in [5.41, 5.74) is -1.06. The lowest BCUT2D eigenvalue weighted by Gasteiger charge is -2.31. The van der Waals surface area contributed by atoms with Gasteiger partial charge in [0.05, 0.1) is 16.7 Å². The van der Waals surface area contributed by atoms with Crippen LogP contribution in [0.25, 0.3) is 0 Å². The van der Waals surface area contributed by atoms with Crippen LogP contribution in [0.5, 0.6) is 0 Å². The van der Waals surface area contributed by atoms with Gasteiger partial charge in [0.1, 0.15) is 0 Å². The number of hydrogen-bond donors (Lipinski definition) is 1. The molecule has 2 atom stereocenters. The fourth-order valence-electron chi connectivity index (χ4n) is 4.72. The van der Waals surface area contributed by atoms with Gasteiger partial charge in [-0.2, -0.15) is 26.3 Å². The molecule has 1 heterocycles. The number of alkyl halides is 6. The molecule has 0 radical (unpaired) electrons. The molecule has 0 saturated heterocycles. The average Bonchev–Trinajstić information content (AvgIpc) is 3.12. The Bertz CT molecular complexity index is 960. The predicted octanol–water partition coefficient (Wildman–Crippen LogP) is 7.34. The van der Waals surface area contributed by atoms with Gasteiger partial charge in [-0.3, -0.25) is 4.79 Å². The number of carbonyl (C=O) groups is 1. The minimum absolute atomic E-state index is 0.0877. The molecular weight excluding hydrogens is 458 g/mol. The number of hydrogen-bond acceptors (Lipinski definition) is 1. The lowest BCUT2D eigenvalue weighted by atomic mass is 9.77. The molecule has 1 aromatic heterocycles. The van der Waals surface area contributed by atoms with Gasteiger partial charge < -0.3 is 9.88 Å². The Morgan fingerprint density at radius 2 is 1.71 bits per heavy atom. The van der Waals surface area contributed by atoms with Crippen molar-refractivity contribution in [2.75, 3.05) is 6.54 Å². The monoisotopic (exact) mass is 488 g/mol. The van der Waals surface area contributed by atoms with Gasteiger partial charge in [0.2, 0.25) is 0 Å². The third-order valence-electron chi connectivity index (χ3n) is 6.62. The van der Waals surface area contributed by atoms with Crippen LogP contribution in [0.2, 0.25) is 0 Å². The molecule has 1 aliphatic carbocycles. The highest BCUT2D eigenvalue weighted by atomic mass is 19.4. The molecule has 188 valence electrons. The zero-order chi connectivity index (χ0) is 25.1. The van der Waals surface area contributed by atoms with Crippen molar-refractivity contribution in [3.63, 3.8) is 0 Å². The van der Waals surface area contributed by atoms with E-state index in [1.165, 1.54) is 0 Å². The minimum Gasteiger partial charge on any atom is -0.352 e. The maximum Gasteiger partial charge on any atom is 0.416 e. The van der Waals surface area contributed by atoms with Crippen molar-refractivity contribution in [2.45, 2.75) is 77.2 Å². The average molecular weight is 489 g/mol. The predicted molar refractivity (Wildman–Crippen MR) is 118 cm³/mol. The molecule has 1 N–H and O–H groups in total. The van der Waals surface area contributed by atoms with Crippen LogP contribution in [-0.2, 0) is 18.9 Å². The van der Waals surface area contributed by atoms with Crippen LogP contribution in [0.1, 0.15) is 84.1 Å². The van der Waals surface area contributed by atoms with Gasteiger partial charge in [0.15, 0.2) is 0 Å². The molecule has 0 aliphatic heterocycles. The molecule has 2 unspecified atom stereocenters. The number of halogens is 6. The molecule has 1 fully saturated rings. The van der Waals surface area contributed by atoms with Gasteiger partial charge in [0.25, 0.3) is 5.91 Å². The molecule has 1 amide bonds. The second-order valence-corrected chi connectivity index (χ2v) is 9.15. The molecule has 0 bridgehead atoms. The number of benzene rings is 1. The molecule has 3 rings (SSSR count). The Morgan fingerprint density at radius 1 is 1.06 bits per heavy atom. The summed E-state index contributed by atoms with van der Waals surface area (Å²) in [5, 5.41) is 2.89. The zero-order valence-electron chi connectivity index (χ0n) is 19.3. The molecule has 0 spiro atoms. The SMILES string of the molecule is CCCCNC(=O)c1ccn(CC2CCCC(c3cc(C(F)(F)F)cc(C(F)(F)F)c3)C2)c1C. The second kappa shape index (κ2) is 10.4. The number of aromatic nitrogens is 1. The first-order chi connectivity index (χ1) is 15.9. The van der Waals surface area contributed by atoms with Crippen molar-refractivity contribution in [1.82, 2.24) is 9.88 Å². The van der Waals surface area contributed by atoms with Crippen LogP contribution in [0, 0.1) is 12.8 Å². The summed E-state index contributed by atoms with van der Waals surface area (Å²) in [7, 11) is 0. The standard InChI is InChI=1S/C25H30F6N2O/c1-3-4-9-32-23(34)22-8-10-33(16(22)2)15-17-6-5-7-18(11-17)19-12-20(24(26,27)28)14-21(13-19)25(29,30)31/h8,10,12-14,17-18H,3-7,9,11,15H2,1-2H3,(H,32,34). The molecule has 2 aromatic rings. The fraction of sp³-hybridized carbons (Fsp3) is 0.560. The van der Waals surface area contributed by atoms with E-state index in [2.05, 4.69) is 5.32 Å². The van der Waals surface area contributed by atoms with Gasteiger partial charge in [0, 0.05) is 25.0 Å². The van der Waals surface area contributed by atoms with Crippen LogP contribution in [0.3, 0.4) is 0 Å². The first-order valence-corrected chi connectivity index (χ1v) is 11.6. The maximum atomic E-state index is 13.3. The summed E-state index contributed by atoms with van der Waals surface area (Å²) >= 11 is 0. The van der Waals surface area contributed by atoms with Crippen molar-refractivity contribution in [3.8, 4) is 0 Å². The quantitative estimate of drug-likeness (QED) is 0.321. The van der Waals surface area contributed by atoms with E-state index in [0.717, 1.165) is 43.5 Å². The number of unbranched alkanes of at least 4 members (excludes halogenated alkanes) is 1. The van der Waals surface area contributed by atoms with Crippen molar-refractivity contribution in [3.05, 3.63) is 58.4 Å². The van der Waals surface area contributed by atoms with Gasteiger partial charge in [-0.25, -0.2) is 0 Å². The van der Waals surface area contributed by atoms with E-state index in [9.17, 15) is 31.1 Å². The first kappa shape index (κ1) is 26.2. The number of carbonyl (C=O) groups excluding carboxylic acids is 1.